The molecule has 0 aromatic heterocycles. The lowest BCUT2D eigenvalue weighted by molar-refractivity contribution is 0.0157. The highest BCUT2D eigenvalue weighted by Gasteiger charge is 2.31. The smallest absolute Gasteiger partial charge is 0.0494 e. The monoisotopic (exact) mass is 174 g/mol. The highest BCUT2D eigenvalue weighted by atomic mass is 16.5. The zero-order chi connectivity index (χ0) is 9.61. The molecule has 0 aliphatic carbocycles. The second-order valence-electron chi connectivity index (χ2n) is 3.58. The molecule has 0 heterocycles. The molecule has 0 rings (SSSR count). The molecule has 0 aliphatic heterocycles. The highest BCUT2D eigenvalue weighted by molar-refractivity contribution is 4.81. The Kier molecular flexibility index (Phi) is 5.51. The summed E-state index contributed by atoms with van der Waals surface area (Å²) >= 11 is 0. The number of aliphatic hydroxyl groups is 1. The second-order valence-corrected chi connectivity index (χ2v) is 3.58. The maximum atomic E-state index is 9.32. The predicted molar refractivity (Wildman–Crippen MR) is 51.1 cm³/mol. The largest absolute Gasteiger partial charge is 0.396 e. The molecular formula is C10H22O2. The average molecular weight is 174 g/mol. The van der Waals surface area contributed by atoms with Crippen LogP contribution in [0.15, 0.2) is 0 Å². The van der Waals surface area contributed by atoms with Crippen LogP contribution in [-0.2, 0) is 4.74 Å². The molecule has 74 valence electrons. The van der Waals surface area contributed by atoms with E-state index in [9.17, 15) is 5.11 Å². The van der Waals surface area contributed by atoms with Gasteiger partial charge in [-0.15, -0.1) is 0 Å². The van der Waals surface area contributed by atoms with Gasteiger partial charge in [0, 0.05) is 20.3 Å². The number of hydrogen-bond donors (Lipinski definition) is 1. The van der Waals surface area contributed by atoms with E-state index in [1.54, 1.807) is 7.11 Å². The predicted octanol–water partition coefficient (Wildman–Crippen LogP) is 2.07. The molecule has 1 N–H and O–H groups in total. The molecule has 0 bridgehead atoms. The molecule has 0 radical (unpaired) electrons. The highest BCUT2D eigenvalue weighted by Crippen LogP contribution is 2.34. The Hall–Kier alpha value is -0.0800. The third kappa shape index (κ3) is 2.46. The van der Waals surface area contributed by atoms with Crippen LogP contribution in [0.5, 0.6) is 0 Å². The van der Waals surface area contributed by atoms with Gasteiger partial charge in [0.1, 0.15) is 0 Å². The minimum atomic E-state index is 0.0655. The van der Waals surface area contributed by atoms with Crippen LogP contribution in [0.1, 0.15) is 33.6 Å². The van der Waals surface area contributed by atoms with Gasteiger partial charge in [-0.3, -0.25) is 0 Å². The fourth-order valence-corrected chi connectivity index (χ4v) is 1.75. The molecule has 0 aromatic rings. The normalized spacial score (nSPS) is 14.8. The van der Waals surface area contributed by atoms with Crippen molar-refractivity contribution in [2.24, 2.45) is 11.3 Å². The average Bonchev–Trinajstić information content (AvgIpc) is 2.09. The van der Waals surface area contributed by atoms with Crippen molar-refractivity contribution in [1.29, 1.82) is 0 Å². The third-order valence-electron chi connectivity index (χ3n) is 3.19. The number of rotatable bonds is 6. The van der Waals surface area contributed by atoms with Gasteiger partial charge in [-0.05, 0) is 24.2 Å². The van der Waals surface area contributed by atoms with Gasteiger partial charge in [-0.2, -0.15) is 0 Å². The summed E-state index contributed by atoms with van der Waals surface area (Å²) in [6.45, 7) is 7.41. The molecule has 12 heavy (non-hydrogen) atoms. The van der Waals surface area contributed by atoms with Crippen molar-refractivity contribution in [3.05, 3.63) is 0 Å². The van der Waals surface area contributed by atoms with Crippen molar-refractivity contribution in [2.45, 2.75) is 33.6 Å². The van der Waals surface area contributed by atoms with Gasteiger partial charge in [-0.25, -0.2) is 0 Å². The van der Waals surface area contributed by atoms with Crippen LogP contribution in [-0.4, -0.2) is 25.4 Å². The summed E-state index contributed by atoms with van der Waals surface area (Å²) in [7, 11) is 1.71. The SMILES string of the molecule is CCC(CC)(CO)C(C)COC. The third-order valence-corrected chi connectivity index (χ3v) is 3.19. The Balaban J connectivity index is 4.24. The van der Waals surface area contributed by atoms with Crippen molar-refractivity contribution in [1.82, 2.24) is 0 Å². The van der Waals surface area contributed by atoms with E-state index < -0.39 is 0 Å². The van der Waals surface area contributed by atoms with Crippen LogP contribution < -0.4 is 0 Å². The Morgan fingerprint density at radius 1 is 1.33 bits per heavy atom. The molecule has 0 fully saturated rings. The van der Waals surface area contributed by atoms with Crippen molar-refractivity contribution in [3.8, 4) is 0 Å². The molecule has 0 saturated carbocycles. The molecule has 1 atom stereocenters. The van der Waals surface area contributed by atoms with E-state index in [0.717, 1.165) is 19.4 Å². The van der Waals surface area contributed by atoms with E-state index in [4.69, 9.17) is 4.74 Å². The first-order chi connectivity index (χ1) is 5.66. The quantitative estimate of drug-likeness (QED) is 0.668. The Bertz CT molecular complexity index is 100. The van der Waals surface area contributed by atoms with Gasteiger partial charge in [-0.1, -0.05) is 20.8 Å². The first kappa shape index (κ1) is 11.9. The maximum Gasteiger partial charge on any atom is 0.0494 e. The molecule has 0 saturated heterocycles. The molecule has 0 spiro atoms. The van der Waals surface area contributed by atoms with Gasteiger partial charge in [0.25, 0.3) is 0 Å². The lowest BCUT2D eigenvalue weighted by atomic mass is 9.73. The van der Waals surface area contributed by atoms with Gasteiger partial charge < -0.3 is 9.84 Å². The van der Waals surface area contributed by atoms with Crippen LogP contribution >= 0.6 is 0 Å². The zero-order valence-corrected chi connectivity index (χ0v) is 8.76. The maximum absolute atomic E-state index is 9.32. The van der Waals surface area contributed by atoms with Gasteiger partial charge in [0.2, 0.25) is 0 Å². The summed E-state index contributed by atoms with van der Waals surface area (Å²) < 4.78 is 5.10. The van der Waals surface area contributed by atoms with E-state index in [2.05, 4.69) is 20.8 Å². The summed E-state index contributed by atoms with van der Waals surface area (Å²) in [6, 6.07) is 0. The second kappa shape index (κ2) is 5.55. The van der Waals surface area contributed by atoms with E-state index in [1.807, 2.05) is 0 Å². The molecular weight excluding hydrogens is 152 g/mol. The first-order valence-corrected chi connectivity index (χ1v) is 4.76. The molecule has 2 heteroatoms. The van der Waals surface area contributed by atoms with Crippen LogP contribution in [0.3, 0.4) is 0 Å². The van der Waals surface area contributed by atoms with E-state index in [1.165, 1.54) is 0 Å². The standard InChI is InChI=1S/C10H22O2/c1-5-10(6-2,8-11)9(3)7-12-4/h9,11H,5-8H2,1-4H3. The molecule has 0 amide bonds. The number of aliphatic hydroxyl groups excluding tert-OH is 1. The minimum absolute atomic E-state index is 0.0655. The van der Waals surface area contributed by atoms with Gasteiger partial charge >= 0.3 is 0 Å². The summed E-state index contributed by atoms with van der Waals surface area (Å²) in [5, 5.41) is 9.32. The number of hydrogen-bond acceptors (Lipinski definition) is 2. The lowest BCUT2D eigenvalue weighted by Crippen LogP contribution is -2.34. The molecule has 2 nitrogen and oxygen atoms in total. The first-order valence-electron chi connectivity index (χ1n) is 4.76. The van der Waals surface area contributed by atoms with Crippen LogP contribution in [0.25, 0.3) is 0 Å². The number of ether oxygens (including phenoxy) is 1. The van der Waals surface area contributed by atoms with E-state index in [-0.39, 0.29) is 12.0 Å². The van der Waals surface area contributed by atoms with E-state index >= 15 is 0 Å². The van der Waals surface area contributed by atoms with Crippen molar-refractivity contribution >= 4 is 0 Å². The summed E-state index contributed by atoms with van der Waals surface area (Å²) in [4.78, 5) is 0. The zero-order valence-electron chi connectivity index (χ0n) is 8.76. The van der Waals surface area contributed by atoms with Crippen molar-refractivity contribution in [2.75, 3.05) is 20.3 Å². The van der Waals surface area contributed by atoms with Crippen LogP contribution in [0.2, 0.25) is 0 Å². The molecule has 1 unspecified atom stereocenters. The van der Waals surface area contributed by atoms with Crippen molar-refractivity contribution in [3.63, 3.8) is 0 Å². The molecule has 0 aromatic carbocycles. The van der Waals surface area contributed by atoms with Gasteiger partial charge in [0.05, 0.1) is 0 Å². The van der Waals surface area contributed by atoms with E-state index in [0.29, 0.717) is 5.92 Å². The fourth-order valence-electron chi connectivity index (χ4n) is 1.75. The van der Waals surface area contributed by atoms with Crippen LogP contribution in [0, 0.1) is 11.3 Å². The minimum Gasteiger partial charge on any atom is -0.396 e. The topological polar surface area (TPSA) is 29.5 Å². The lowest BCUT2D eigenvalue weighted by Gasteiger charge is -2.35. The van der Waals surface area contributed by atoms with Crippen LogP contribution in [0.4, 0.5) is 0 Å². The Morgan fingerprint density at radius 2 is 1.83 bits per heavy atom. The summed E-state index contributed by atoms with van der Waals surface area (Å²) in [5.41, 5.74) is 0.0655. The summed E-state index contributed by atoms with van der Waals surface area (Å²) in [5.74, 6) is 0.433. The summed E-state index contributed by atoms with van der Waals surface area (Å²) in [6.07, 6.45) is 2.04. The Morgan fingerprint density at radius 3 is 2.08 bits per heavy atom. The molecule has 0 aliphatic rings. The number of methoxy groups -OCH3 is 1. The van der Waals surface area contributed by atoms with Gasteiger partial charge in [0.15, 0.2) is 0 Å². The Labute approximate surface area is 75.9 Å². The van der Waals surface area contributed by atoms with Crippen molar-refractivity contribution < 1.29 is 9.84 Å². The fraction of sp³-hybridized carbons (Fsp3) is 1.00.